The average molecular weight is 304 g/mol. The largest absolute Gasteiger partial charge is 0.493 e. The Morgan fingerprint density at radius 1 is 1.41 bits per heavy atom. The number of methoxy groups -OCH3 is 2. The lowest BCUT2D eigenvalue weighted by molar-refractivity contribution is 0.349. The number of halogens is 2. The van der Waals surface area contributed by atoms with Crippen molar-refractivity contribution in [1.29, 1.82) is 0 Å². The van der Waals surface area contributed by atoms with E-state index in [1.807, 2.05) is 0 Å². The third kappa shape index (κ3) is 2.26. The van der Waals surface area contributed by atoms with Crippen molar-refractivity contribution < 1.29 is 13.9 Å². The molecule has 1 unspecified atom stereocenters. The van der Waals surface area contributed by atoms with Gasteiger partial charge in [-0.25, -0.2) is 4.39 Å². The van der Waals surface area contributed by atoms with Crippen LogP contribution in [0, 0.1) is 5.82 Å². The molecule has 5 heteroatoms. The summed E-state index contributed by atoms with van der Waals surface area (Å²) in [5.74, 6) is 0.898. The van der Waals surface area contributed by atoms with E-state index >= 15 is 0 Å². The van der Waals surface area contributed by atoms with E-state index in [0.717, 1.165) is 19.5 Å². The molecular weight excluding hydrogens is 289 g/mol. The maximum Gasteiger partial charge on any atom is 0.175 e. The molecule has 1 aliphatic heterocycles. The van der Waals surface area contributed by atoms with E-state index in [-0.39, 0.29) is 11.7 Å². The van der Waals surface area contributed by atoms with Crippen molar-refractivity contribution in [2.75, 3.05) is 27.3 Å². The molecule has 17 heavy (non-hydrogen) atoms. The monoisotopic (exact) mass is 303 g/mol. The quantitative estimate of drug-likeness (QED) is 0.931. The van der Waals surface area contributed by atoms with Gasteiger partial charge in [0.15, 0.2) is 11.5 Å². The molecule has 94 valence electrons. The highest BCUT2D eigenvalue weighted by Crippen LogP contribution is 2.43. The molecule has 0 radical (unpaired) electrons. The molecule has 0 spiro atoms. The van der Waals surface area contributed by atoms with E-state index in [1.165, 1.54) is 13.2 Å². The zero-order valence-electron chi connectivity index (χ0n) is 9.85. The lowest BCUT2D eigenvalue weighted by Crippen LogP contribution is -2.10. The van der Waals surface area contributed by atoms with Crippen molar-refractivity contribution in [1.82, 2.24) is 5.32 Å². The average Bonchev–Trinajstić information content (AvgIpc) is 2.82. The van der Waals surface area contributed by atoms with Gasteiger partial charge < -0.3 is 14.8 Å². The summed E-state index contributed by atoms with van der Waals surface area (Å²) in [6, 6.07) is 1.39. The second-order valence-electron chi connectivity index (χ2n) is 4.01. The van der Waals surface area contributed by atoms with E-state index in [0.29, 0.717) is 21.5 Å². The highest BCUT2D eigenvalue weighted by atomic mass is 79.9. The van der Waals surface area contributed by atoms with Crippen LogP contribution in [0.25, 0.3) is 0 Å². The zero-order chi connectivity index (χ0) is 12.4. The first-order chi connectivity index (χ1) is 8.19. The first-order valence-electron chi connectivity index (χ1n) is 5.49. The minimum atomic E-state index is -0.247. The second-order valence-corrected chi connectivity index (χ2v) is 4.80. The van der Waals surface area contributed by atoms with Crippen LogP contribution < -0.4 is 14.8 Å². The summed E-state index contributed by atoms with van der Waals surface area (Å²) in [6.45, 7) is 1.72. The summed E-state index contributed by atoms with van der Waals surface area (Å²) in [4.78, 5) is 0. The topological polar surface area (TPSA) is 30.5 Å². The van der Waals surface area contributed by atoms with E-state index in [9.17, 15) is 4.39 Å². The predicted molar refractivity (Wildman–Crippen MR) is 67.4 cm³/mol. The minimum absolute atomic E-state index is 0.184. The molecule has 1 saturated heterocycles. The molecule has 0 saturated carbocycles. The maximum absolute atomic E-state index is 14.1. The number of hydrogen-bond donors (Lipinski definition) is 1. The summed E-state index contributed by atoms with van der Waals surface area (Å²) in [5.41, 5.74) is 0.674. The van der Waals surface area contributed by atoms with Crippen LogP contribution in [-0.4, -0.2) is 27.3 Å². The fraction of sp³-hybridized carbons (Fsp3) is 0.500. The van der Waals surface area contributed by atoms with E-state index in [1.54, 1.807) is 7.11 Å². The predicted octanol–water partition coefficient (Wildman–Crippen LogP) is 2.68. The van der Waals surface area contributed by atoms with Crippen molar-refractivity contribution in [2.24, 2.45) is 0 Å². The van der Waals surface area contributed by atoms with Crippen LogP contribution in [0.5, 0.6) is 11.5 Å². The first kappa shape index (κ1) is 12.6. The third-order valence-corrected chi connectivity index (χ3v) is 3.85. The van der Waals surface area contributed by atoms with Crippen molar-refractivity contribution in [3.63, 3.8) is 0 Å². The Labute approximate surface area is 108 Å². The van der Waals surface area contributed by atoms with E-state index < -0.39 is 0 Å². The fourth-order valence-corrected chi connectivity index (χ4v) is 3.08. The van der Waals surface area contributed by atoms with Crippen LogP contribution >= 0.6 is 15.9 Å². The molecule has 1 aromatic carbocycles. The summed E-state index contributed by atoms with van der Waals surface area (Å²) >= 11 is 3.42. The molecule has 2 rings (SSSR count). The molecule has 1 atom stereocenters. The Morgan fingerprint density at radius 3 is 2.71 bits per heavy atom. The lowest BCUT2D eigenvalue weighted by Gasteiger charge is -2.17. The van der Waals surface area contributed by atoms with Gasteiger partial charge in [-0.2, -0.15) is 0 Å². The smallest absolute Gasteiger partial charge is 0.175 e. The molecule has 0 bridgehead atoms. The molecular formula is C12H15BrFNO2. The van der Waals surface area contributed by atoms with E-state index in [4.69, 9.17) is 9.47 Å². The van der Waals surface area contributed by atoms with Gasteiger partial charge in [0.2, 0.25) is 0 Å². The van der Waals surface area contributed by atoms with Crippen molar-refractivity contribution >= 4 is 15.9 Å². The van der Waals surface area contributed by atoms with Gasteiger partial charge in [-0.15, -0.1) is 0 Å². The van der Waals surface area contributed by atoms with Crippen LogP contribution in [0.4, 0.5) is 4.39 Å². The number of benzene rings is 1. The van der Waals surface area contributed by atoms with Gasteiger partial charge in [-0.1, -0.05) is 0 Å². The lowest BCUT2D eigenvalue weighted by atomic mass is 9.97. The molecule has 3 nitrogen and oxygen atoms in total. The number of hydrogen-bond acceptors (Lipinski definition) is 3. The van der Waals surface area contributed by atoms with Gasteiger partial charge in [-0.3, -0.25) is 0 Å². The van der Waals surface area contributed by atoms with E-state index in [2.05, 4.69) is 21.2 Å². The molecule has 0 amide bonds. The molecule has 1 fully saturated rings. The molecule has 1 N–H and O–H groups in total. The number of nitrogens with one attached hydrogen (secondary N) is 1. The van der Waals surface area contributed by atoms with Gasteiger partial charge in [0, 0.05) is 24.1 Å². The van der Waals surface area contributed by atoms with Crippen LogP contribution in [-0.2, 0) is 0 Å². The van der Waals surface area contributed by atoms with Gasteiger partial charge in [0.1, 0.15) is 5.82 Å². The van der Waals surface area contributed by atoms with Gasteiger partial charge in [0.25, 0.3) is 0 Å². The maximum atomic E-state index is 14.1. The highest BCUT2D eigenvalue weighted by molar-refractivity contribution is 9.10. The summed E-state index contributed by atoms with van der Waals surface area (Å²) in [5, 5.41) is 3.23. The Balaban J connectivity index is 2.51. The molecule has 1 aliphatic rings. The Morgan fingerprint density at radius 2 is 2.18 bits per heavy atom. The molecule has 1 aromatic rings. The van der Waals surface area contributed by atoms with Crippen molar-refractivity contribution in [3.05, 3.63) is 21.9 Å². The molecule has 0 aromatic heterocycles. The number of rotatable bonds is 3. The van der Waals surface area contributed by atoms with Crippen molar-refractivity contribution in [2.45, 2.75) is 12.3 Å². The minimum Gasteiger partial charge on any atom is -0.493 e. The van der Waals surface area contributed by atoms with Crippen LogP contribution in [0.3, 0.4) is 0 Å². The first-order valence-corrected chi connectivity index (χ1v) is 6.29. The second kappa shape index (κ2) is 5.23. The Kier molecular flexibility index (Phi) is 3.89. The standard InChI is InChI=1S/C12H15BrFNO2/c1-16-9-5-8(14)10(7-3-4-15-6-7)11(13)12(9)17-2/h5,7,15H,3-4,6H2,1-2H3. The Hall–Kier alpha value is -0.810. The SMILES string of the molecule is COc1cc(F)c(C2CCNC2)c(Br)c1OC. The van der Waals surface area contributed by atoms with Crippen LogP contribution in [0.1, 0.15) is 17.9 Å². The fourth-order valence-electron chi connectivity index (χ4n) is 2.21. The summed E-state index contributed by atoms with van der Waals surface area (Å²) in [6.07, 6.45) is 0.936. The van der Waals surface area contributed by atoms with Crippen LogP contribution in [0.2, 0.25) is 0 Å². The number of ether oxygens (including phenoxy) is 2. The molecule has 0 aliphatic carbocycles. The van der Waals surface area contributed by atoms with Crippen molar-refractivity contribution in [3.8, 4) is 11.5 Å². The summed E-state index contributed by atoms with van der Waals surface area (Å²) < 4.78 is 25.1. The highest BCUT2D eigenvalue weighted by Gasteiger charge is 2.26. The molecule has 1 heterocycles. The van der Waals surface area contributed by atoms with Gasteiger partial charge in [0.05, 0.1) is 18.7 Å². The Bertz CT molecular complexity index is 419. The normalized spacial score (nSPS) is 19.4. The van der Waals surface area contributed by atoms with Gasteiger partial charge >= 0.3 is 0 Å². The summed E-state index contributed by atoms with van der Waals surface area (Å²) in [7, 11) is 3.05. The zero-order valence-corrected chi connectivity index (χ0v) is 11.4. The third-order valence-electron chi connectivity index (χ3n) is 3.07. The van der Waals surface area contributed by atoms with Gasteiger partial charge in [-0.05, 0) is 28.9 Å². The van der Waals surface area contributed by atoms with Crippen LogP contribution in [0.15, 0.2) is 10.5 Å².